The van der Waals surface area contributed by atoms with Gasteiger partial charge in [-0.3, -0.25) is 9.59 Å². The van der Waals surface area contributed by atoms with Crippen molar-refractivity contribution in [1.82, 2.24) is 10.6 Å². The fourth-order valence-corrected chi connectivity index (χ4v) is 5.32. The number of alkyl carbamates (subject to hydrolysis) is 1. The maximum atomic E-state index is 12.5. The first kappa shape index (κ1) is 24.8. The van der Waals surface area contributed by atoms with Crippen LogP contribution in [0.25, 0.3) is 11.1 Å². The van der Waals surface area contributed by atoms with E-state index in [1.54, 1.807) is 0 Å². The highest BCUT2D eigenvalue weighted by Gasteiger charge is 2.31. The van der Waals surface area contributed by atoms with E-state index in [1.807, 2.05) is 31.2 Å². The van der Waals surface area contributed by atoms with Crippen LogP contribution in [0.1, 0.15) is 68.9 Å². The van der Waals surface area contributed by atoms with E-state index in [1.165, 1.54) is 11.1 Å². The molecule has 0 saturated heterocycles. The highest BCUT2D eigenvalue weighted by Crippen LogP contribution is 2.44. The largest absolute Gasteiger partial charge is 0.481 e. The second kappa shape index (κ2) is 11.4. The Balaban J connectivity index is 1.23. The van der Waals surface area contributed by atoms with Gasteiger partial charge in [0.15, 0.2) is 0 Å². The minimum Gasteiger partial charge on any atom is -0.481 e. The Morgan fingerprint density at radius 2 is 1.60 bits per heavy atom. The number of ether oxygens (including phenoxy) is 1. The molecule has 7 heteroatoms. The molecule has 0 radical (unpaired) electrons. The highest BCUT2D eigenvalue weighted by molar-refractivity contribution is 5.79. The smallest absolute Gasteiger partial charge is 0.407 e. The zero-order valence-electron chi connectivity index (χ0n) is 20.2. The third-order valence-electron chi connectivity index (χ3n) is 7.19. The van der Waals surface area contributed by atoms with E-state index < -0.39 is 18.0 Å². The standard InChI is InChI=1S/C28H34N2O5/c1-18(15-16-26(31)30-25-14-4-2-3-13-23(25)27(32)33)29-28(34)35-17-24-21-11-7-5-9-19(21)20-10-6-8-12-22(20)24/h5-12,18,23-25H,2-4,13-17H2,1H3,(H,29,34)(H,30,31)(H,32,33)/t18?,23-,25+/m1/s1. The van der Waals surface area contributed by atoms with Crippen molar-refractivity contribution >= 4 is 18.0 Å². The van der Waals surface area contributed by atoms with E-state index in [-0.39, 0.29) is 36.9 Å². The molecule has 0 spiro atoms. The summed E-state index contributed by atoms with van der Waals surface area (Å²) in [6, 6.07) is 15.8. The quantitative estimate of drug-likeness (QED) is 0.471. The summed E-state index contributed by atoms with van der Waals surface area (Å²) in [6.07, 6.45) is 4.25. The number of carboxylic acids is 1. The summed E-state index contributed by atoms with van der Waals surface area (Å²) in [5.41, 5.74) is 4.67. The number of hydrogen-bond donors (Lipinski definition) is 3. The van der Waals surface area contributed by atoms with Crippen molar-refractivity contribution in [2.45, 2.75) is 69.9 Å². The van der Waals surface area contributed by atoms with Crippen LogP contribution in [0.2, 0.25) is 0 Å². The number of nitrogens with one attached hydrogen (secondary N) is 2. The number of aliphatic carboxylic acids is 1. The van der Waals surface area contributed by atoms with Crippen LogP contribution in [-0.4, -0.2) is 41.8 Å². The summed E-state index contributed by atoms with van der Waals surface area (Å²) in [4.78, 5) is 36.5. The zero-order valence-corrected chi connectivity index (χ0v) is 20.2. The maximum absolute atomic E-state index is 12.5. The summed E-state index contributed by atoms with van der Waals surface area (Å²) < 4.78 is 5.58. The van der Waals surface area contributed by atoms with E-state index in [0.717, 1.165) is 30.4 Å². The molecule has 0 aliphatic heterocycles. The van der Waals surface area contributed by atoms with Gasteiger partial charge >= 0.3 is 12.1 Å². The predicted octanol–water partition coefficient (Wildman–Crippen LogP) is 4.84. The van der Waals surface area contributed by atoms with Crippen molar-refractivity contribution in [3.63, 3.8) is 0 Å². The van der Waals surface area contributed by atoms with E-state index in [0.29, 0.717) is 19.3 Å². The van der Waals surface area contributed by atoms with Gasteiger partial charge in [-0.1, -0.05) is 67.8 Å². The van der Waals surface area contributed by atoms with Gasteiger partial charge < -0.3 is 20.5 Å². The number of carboxylic acid groups (broad SMARTS) is 1. The van der Waals surface area contributed by atoms with Crippen LogP contribution >= 0.6 is 0 Å². The van der Waals surface area contributed by atoms with Gasteiger partial charge in [0.2, 0.25) is 5.91 Å². The van der Waals surface area contributed by atoms with Crippen molar-refractivity contribution in [2.24, 2.45) is 5.92 Å². The number of carbonyl (C=O) groups excluding carboxylic acids is 2. The molecule has 0 heterocycles. The molecular formula is C28H34N2O5. The molecule has 1 unspecified atom stereocenters. The fourth-order valence-electron chi connectivity index (χ4n) is 5.32. The number of rotatable bonds is 8. The zero-order chi connectivity index (χ0) is 24.8. The lowest BCUT2D eigenvalue weighted by Crippen LogP contribution is -2.43. The van der Waals surface area contributed by atoms with Gasteiger partial charge in [0.25, 0.3) is 0 Å². The van der Waals surface area contributed by atoms with Gasteiger partial charge in [0, 0.05) is 24.4 Å². The van der Waals surface area contributed by atoms with Crippen molar-refractivity contribution in [2.75, 3.05) is 6.61 Å². The average Bonchev–Trinajstić information content (AvgIpc) is 2.97. The third-order valence-corrected chi connectivity index (χ3v) is 7.19. The van der Waals surface area contributed by atoms with Crippen LogP contribution in [-0.2, 0) is 14.3 Å². The Bertz CT molecular complexity index is 1020. The molecule has 7 nitrogen and oxygen atoms in total. The Kier molecular flexibility index (Phi) is 8.06. The van der Waals surface area contributed by atoms with Crippen LogP contribution in [0.5, 0.6) is 0 Å². The number of benzene rings is 2. The lowest BCUT2D eigenvalue weighted by atomic mass is 9.94. The van der Waals surface area contributed by atoms with Gasteiger partial charge in [-0.05, 0) is 48.4 Å². The van der Waals surface area contributed by atoms with E-state index in [2.05, 4.69) is 34.9 Å². The van der Waals surface area contributed by atoms with Crippen molar-refractivity contribution in [3.8, 4) is 11.1 Å². The normalized spacial score (nSPS) is 20.1. The molecule has 2 aromatic rings. The highest BCUT2D eigenvalue weighted by atomic mass is 16.5. The second-order valence-corrected chi connectivity index (χ2v) is 9.67. The molecule has 2 aliphatic carbocycles. The van der Waals surface area contributed by atoms with Crippen LogP contribution < -0.4 is 10.6 Å². The lowest BCUT2D eigenvalue weighted by molar-refractivity contribution is -0.143. The summed E-state index contributed by atoms with van der Waals surface area (Å²) in [5, 5.41) is 15.2. The fraction of sp³-hybridized carbons (Fsp3) is 0.464. The van der Waals surface area contributed by atoms with Gasteiger partial charge in [0.1, 0.15) is 6.61 Å². The first-order chi connectivity index (χ1) is 16.9. The first-order valence-corrected chi connectivity index (χ1v) is 12.6. The molecule has 0 aromatic heterocycles. The Labute approximate surface area is 206 Å². The van der Waals surface area contributed by atoms with E-state index in [4.69, 9.17) is 4.74 Å². The first-order valence-electron chi connectivity index (χ1n) is 12.6. The van der Waals surface area contributed by atoms with Gasteiger partial charge in [-0.25, -0.2) is 4.79 Å². The third kappa shape index (κ3) is 6.02. The monoisotopic (exact) mass is 478 g/mol. The molecule has 1 saturated carbocycles. The minimum atomic E-state index is -0.845. The molecule has 3 N–H and O–H groups in total. The van der Waals surface area contributed by atoms with E-state index in [9.17, 15) is 19.5 Å². The summed E-state index contributed by atoms with van der Waals surface area (Å²) >= 11 is 0. The van der Waals surface area contributed by atoms with Crippen molar-refractivity contribution in [1.29, 1.82) is 0 Å². The molecule has 4 rings (SSSR count). The number of amides is 2. The minimum absolute atomic E-state index is 0.00371. The van der Waals surface area contributed by atoms with Crippen LogP contribution in [0, 0.1) is 5.92 Å². The molecule has 2 aromatic carbocycles. The predicted molar refractivity (Wildman–Crippen MR) is 133 cm³/mol. The molecule has 3 atom stereocenters. The number of fused-ring (bicyclic) bond motifs is 3. The van der Waals surface area contributed by atoms with Crippen molar-refractivity contribution < 1.29 is 24.2 Å². The molecule has 1 fully saturated rings. The average molecular weight is 479 g/mol. The summed E-state index contributed by atoms with van der Waals surface area (Å²) in [6.45, 7) is 2.08. The Morgan fingerprint density at radius 3 is 2.26 bits per heavy atom. The lowest BCUT2D eigenvalue weighted by Gasteiger charge is -2.23. The van der Waals surface area contributed by atoms with Crippen molar-refractivity contribution in [3.05, 3.63) is 59.7 Å². The molecule has 186 valence electrons. The molecule has 35 heavy (non-hydrogen) atoms. The van der Waals surface area contributed by atoms with Crippen LogP contribution in [0.4, 0.5) is 4.79 Å². The molecule has 2 aliphatic rings. The molecular weight excluding hydrogens is 444 g/mol. The van der Waals surface area contributed by atoms with Gasteiger partial charge in [-0.15, -0.1) is 0 Å². The van der Waals surface area contributed by atoms with E-state index >= 15 is 0 Å². The SMILES string of the molecule is CC(CCC(=O)N[C@H]1CCCCC[C@H]1C(=O)O)NC(=O)OCC1c2ccccc2-c2ccccc21. The second-order valence-electron chi connectivity index (χ2n) is 9.67. The van der Waals surface area contributed by atoms with Gasteiger partial charge in [0.05, 0.1) is 5.92 Å². The number of carbonyl (C=O) groups is 3. The topological polar surface area (TPSA) is 105 Å². The van der Waals surface area contributed by atoms with Gasteiger partial charge in [-0.2, -0.15) is 0 Å². The Hall–Kier alpha value is -3.35. The summed E-state index contributed by atoms with van der Waals surface area (Å²) in [5.74, 6) is -1.55. The van der Waals surface area contributed by atoms with Crippen LogP contribution in [0.15, 0.2) is 48.5 Å². The van der Waals surface area contributed by atoms with Crippen LogP contribution in [0.3, 0.4) is 0 Å². The molecule has 2 amide bonds. The number of hydrogen-bond acceptors (Lipinski definition) is 4. The summed E-state index contributed by atoms with van der Waals surface area (Å²) in [7, 11) is 0. The Morgan fingerprint density at radius 1 is 0.971 bits per heavy atom. The maximum Gasteiger partial charge on any atom is 0.407 e. The molecule has 0 bridgehead atoms.